The van der Waals surface area contributed by atoms with Gasteiger partial charge in [-0.15, -0.1) is 11.3 Å². The number of pyridine rings is 1. The van der Waals surface area contributed by atoms with Crippen molar-refractivity contribution in [2.75, 3.05) is 5.32 Å². The molecule has 0 aliphatic heterocycles. The van der Waals surface area contributed by atoms with Crippen LogP contribution in [-0.4, -0.2) is 16.8 Å². The summed E-state index contributed by atoms with van der Waals surface area (Å²) in [5.74, 6) is -0.787. The van der Waals surface area contributed by atoms with Crippen molar-refractivity contribution in [2.24, 2.45) is 5.73 Å². The van der Waals surface area contributed by atoms with Gasteiger partial charge in [0.2, 0.25) is 0 Å². The number of nitrogens with zero attached hydrogens (tertiary/aromatic N) is 1. The van der Waals surface area contributed by atoms with Gasteiger partial charge in [-0.2, -0.15) is 0 Å². The van der Waals surface area contributed by atoms with Gasteiger partial charge in [0.15, 0.2) is 0 Å². The predicted octanol–water partition coefficient (Wildman–Crippen LogP) is 3.07. The SMILES string of the molecule is Cc1cccc(C(=O)Nc2sc3c(c2C(N)=O)CCCCC3)n1. The third-order valence-electron chi connectivity index (χ3n) is 4.02. The average molecular weight is 329 g/mol. The van der Waals surface area contributed by atoms with Crippen LogP contribution in [0.2, 0.25) is 0 Å². The number of aryl methyl sites for hydroxylation is 2. The number of aromatic nitrogens is 1. The Labute approximate surface area is 138 Å². The van der Waals surface area contributed by atoms with Crippen molar-refractivity contribution in [3.8, 4) is 0 Å². The van der Waals surface area contributed by atoms with Gasteiger partial charge in [0, 0.05) is 10.6 Å². The van der Waals surface area contributed by atoms with E-state index < -0.39 is 5.91 Å². The van der Waals surface area contributed by atoms with Crippen molar-refractivity contribution < 1.29 is 9.59 Å². The number of rotatable bonds is 3. The van der Waals surface area contributed by atoms with E-state index in [2.05, 4.69) is 10.3 Å². The topological polar surface area (TPSA) is 85.1 Å². The van der Waals surface area contributed by atoms with E-state index in [1.54, 1.807) is 12.1 Å². The minimum atomic E-state index is -0.475. The van der Waals surface area contributed by atoms with Crippen molar-refractivity contribution in [1.29, 1.82) is 0 Å². The summed E-state index contributed by atoms with van der Waals surface area (Å²) in [4.78, 5) is 29.7. The van der Waals surface area contributed by atoms with Crippen LogP contribution in [-0.2, 0) is 12.8 Å². The van der Waals surface area contributed by atoms with E-state index in [1.807, 2.05) is 13.0 Å². The molecule has 0 unspecified atom stereocenters. The van der Waals surface area contributed by atoms with Gasteiger partial charge < -0.3 is 11.1 Å². The van der Waals surface area contributed by atoms with E-state index in [4.69, 9.17) is 5.73 Å². The maximum absolute atomic E-state index is 12.4. The Hall–Kier alpha value is -2.21. The van der Waals surface area contributed by atoms with Gasteiger partial charge in [-0.05, 0) is 50.3 Å². The maximum Gasteiger partial charge on any atom is 0.274 e. The molecule has 0 spiro atoms. The number of hydrogen-bond donors (Lipinski definition) is 2. The molecule has 0 bridgehead atoms. The summed E-state index contributed by atoms with van der Waals surface area (Å²) < 4.78 is 0. The number of fused-ring (bicyclic) bond motifs is 1. The first-order valence-electron chi connectivity index (χ1n) is 7.75. The first-order chi connectivity index (χ1) is 11.1. The molecule has 2 heterocycles. The minimum Gasteiger partial charge on any atom is -0.365 e. The Balaban J connectivity index is 1.93. The first kappa shape index (κ1) is 15.7. The second kappa shape index (κ2) is 6.50. The monoisotopic (exact) mass is 329 g/mol. The standard InChI is InChI=1S/C17H19N3O2S/c1-10-6-5-8-12(19-10)16(22)20-17-14(15(18)21)11-7-3-2-4-9-13(11)23-17/h5-6,8H,2-4,7,9H2,1H3,(H2,18,21)(H,20,22). The quantitative estimate of drug-likeness (QED) is 0.849. The van der Waals surface area contributed by atoms with Crippen LogP contribution in [0.4, 0.5) is 5.00 Å². The van der Waals surface area contributed by atoms with E-state index in [-0.39, 0.29) is 5.91 Å². The van der Waals surface area contributed by atoms with Gasteiger partial charge in [-0.3, -0.25) is 9.59 Å². The average Bonchev–Trinajstić information content (AvgIpc) is 2.69. The van der Waals surface area contributed by atoms with Gasteiger partial charge in [0.05, 0.1) is 5.56 Å². The highest BCUT2D eigenvalue weighted by Gasteiger charge is 2.24. The summed E-state index contributed by atoms with van der Waals surface area (Å²) in [6.45, 7) is 1.83. The molecule has 5 nitrogen and oxygen atoms in total. The fourth-order valence-electron chi connectivity index (χ4n) is 2.93. The van der Waals surface area contributed by atoms with E-state index in [0.29, 0.717) is 16.3 Å². The molecule has 1 aliphatic carbocycles. The highest BCUT2D eigenvalue weighted by Crippen LogP contribution is 2.37. The molecule has 2 amide bonds. The zero-order chi connectivity index (χ0) is 16.4. The molecule has 6 heteroatoms. The lowest BCUT2D eigenvalue weighted by Gasteiger charge is -2.06. The number of anilines is 1. The van der Waals surface area contributed by atoms with Crippen LogP contribution in [0.3, 0.4) is 0 Å². The Morgan fingerprint density at radius 1 is 1.22 bits per heavy atom. The van der Waals surface area contributed by atoms with Crippen LogP contribution in [0.15, 0.2) is 18.2 Å². The van der Waals surface area contributed by atoms with Crippen LogP contribution in [0, 0.1) is 6.92 Å². The molecule has 3 N–H and O–H groups in total. The Bertz CT molecular complexity index is 767. The highest BCUT2D eigenvalue weighted by atomic mass is 32.1. The van der Waals surface area contributed by atoms with E-state index in [0.717, 1.165) is 43.4 Å². The third kappa shape index (κ3) is 3.27. The molecule has 0 saturated heterocycles. The fourth-order valence-corrected chi connectivity index (χ4v) is 4.22. The summed E-state index contributed by atoms with van der Waals surface area (Å²) in [5, 5.41) is 3.38. The van der Waals surface area contributed by atoms with E-state index in [1.165, 1.54) is 16.2 Å². The number of carbonyl (C=O) groups is 2. The Kier molecular flexibility index (Phi) is 4.43. The number of nitrogens with one attached hydrogen (secondary N) is 1. The zero-order valence-electron chi connectivity index (χ0n) is 13.0. The van der Waals surface area contributed by atoms with Crippen LogP contribution in [0.5, 0.6) is 0 Å². The van der Waals surface area contributed by atoms with Crippen LogP contribution in [0.1, 0.15) is 56.2 Å². The number of thiophene rings is 1. The highest BCUT2D eigenvalue weighted by molar-refractivity contribution is 7.17. The third-order valence-corrected chi connectivity index (χ3v) is 5.22. The van der Waals surface area contributed by atoms with Gasteiger partial charge >= 0.3 is 0 Å². The van der Waals surface area contributed by atoms with Crippen molar-refractivity contribution >= 4 is 28.2 Å². The lowest BCUT2D eigenvalue weighted by molar-refractivity contribution is 0.100. The number of carbonyl (C=O) groups excluding carboxylic acids is 2. The summed E-state index contributed by atoms with van der Waals surface area (Å²) >= 11 is 1.47. The molecule has 0 atom stereocenters. The lowest BCUT2D eigenvalue weighted by Crippen LogP contribution is -2.18. The van der Waals surface area contributed by atoms with Gasteiger partial charge in [-0.1, -0.05) is 12.5 Å². The number of amides is 2. The van der Waals surface area contributed by atoms with Crippen LogP contribution >= 0.6 is 11.3 Å². The number of hydrogen-bond acceptors (Lipinski definition) is 4. The normalized spacial score (nSPS) is 14.0. The summed E-state index contributed by atoms with van der Waals surface area (Å²) in [5.41, 5.74) is 8.18. The molecular formula is C17H19N3O2S. The molecule has 0 aromatic carbocycles. The second-order valence-electron chi connectivity index (χ2n) is 5.75. The summed E-state index contributed by atoms with van der Waals surface area (Å²) in [6.07, 6.45) is 5.12. The van der Waals surface area contributed by atoms with Crippen molar-refractivity contribution in [3.05, 3.63) is 45.6 Å². The molecule has 2 aromatic rings. The van der Waals surface area contributed by atoms with E-state index >= 15 is 0 Å². The van der Waals surface area contributed by atoms with Crippen LogP contribution in [0.25, 0.3) is 0 Å². The zero-order valence-corrected chi connectivity index (χ0v) is 13.8. The van der Waals surface area contributed by atoms with Crippen molar-refractivity contribution in [1.82, 2.24) is 4.98 Å². The molecule has 0 radical (unpaired) electrons. The number of primary amides is 1. The fraction of sp³-hybridized carbons (Fsp3) is 0.353. The second-order valence-corrected chi connectivity index (χ2v) is 6.86. The van der Waals surface area contributed by atoms with Gasteiger partial charge in [0.1, 0.15) is 10.7 Å². The lowest BCUT2D eigenvalue weighted by atomic mass is 10.1. The smallest absolute Gasteiger partial charge is 0.274 e. The minimum absolute atomic E-state index is 0.312. The molecule has 0 fully saturated rings. The molecule has 120 valence electrons. The Morgan fingerprint density at radius 3 is 2.74 bits per heavy atom. The maximum atomic E-state index is 12.4. The molecular weight excluding hydrogens is 310 g/mol. The van der Waals surface area contributed by atoms with Gasteiger partial charge in [-0.25, -0.2) is 4.98 Å². The Morgan fingerprint density at radius 2 is 2.00 bits per heavy atom. The predicted molar refractivity (Wildman–Crippen MR) is 91.0 cm³/mol. The molecule has 2 aromatic heterocycles. The van der Waals surface area contributed by atoms with Gasteiger partial charge in [0.25, 0.3) is 11.8 Å². The van der Waals surface area contributed by atoms with Crippen molar-refractivity contribution in [3.63, 3.8) is 0 Å². The van der Waals surface area contributed by atoms with Crippen molar-refractivity contribution in [2.45, 2.75) is 39.0 Å². The number of nitrogens with two attached hydrogens (primary N) is 1. The molecule has 1 aliphatic rings. The largest absolute Gasteiger partial charge is 0.365 e. The molecule has 23 heavy (non-hydrogen) atoms. The molecule has 0 saturated carbocycles. The van der Waals surface area contributed by atoms with Crippen LogP contribution < -0.4 is 11.1 Å². The first-order valence-corrected chi connectivity index (χ1v) is 8.57. The summed E-state index contributed by atoms with van der Waals surface area (Å²) in [6, 6.07) is 5.28. The molecule has 3 rings (SSSR count). The van der Waals surface area contributed by atoms with E-state index in [9.17, 15) is 9.59 Å². The summed E-state index contributed by atoms with van der Waals surface area (Å²) in [7, 11) is 0.